The van der Waals surface area contributed by atoms with Crippen molar-refractivity contribution in [3.63, 3.8) is 0 Å². The highest BCUT2D eigenvalue weighted by Gasteiger charge is 2.31. The average molecular weight is 245 g/mol. The Morgan fingerprint density at radius 1 is 1.33 bits per heavy atom. The van der Waals surface area contributed by atoms with Gasteiger partial charge in [0.05, 0.1) is 0 Å². The summed E-state index contributed by atoms with van der Waals surface area (Å²) in [6, 6.07) is 10.7. The molecule has 1 aromatic rings. The van der Waals surface area contributed by atoms with E-state index >= 15 is 0 Å². The van der Waals surface area contributed by atoms with E-state index in [4.69, 9.17) is 0 Å². The van der Waals surface area contributed by atoms with Gasteiger partial charge in [-0.3, -0.25) is 4.79 Å². The molecule has 0 spiro atoms. The van der Waals surface area contributed by atoms with Crippen molar-refractivity contribution in [1.82, 2.24) is 4.90 Å². The zero-order chi connectivity index (χ0) is 13.2. The fourth-order valence-electron chi connectivity index (χ4n) is 2.64. The first-order valence-corrected chi connectivity index (χ1v) is 6.77. The number of carbonyl (C=O) groups is 1. The Balaban J connectivity index is 1.95. The fraction of sp³-hybridized carbons (Fsp3) is 0.562. The first-order valence-electron chi connectivity index (χ1n) is 6.77. The van der Waals surface area contributed by atoms with E-state index in [0.717, 1.165) is 19.6 Å². The normalized spacial score (nSPS) is 21.2. The van der Waals surface area contributed by atoms with Gasteiger partial charge in [0.25, 0.3) is 0 Å². The molecule has 0 saturated carbocycles. The minimum absolute atomic E-state index is 0.217. The summed E-state index contributed by atoms with van der Waals surface area (Å²) >= 11 is 0. The Morgan fingerprint density at radius 2 is 2.00 bits per heavy atom. The van der Waals surface area contributed by atoms with Gasteiger partial charge in [-0.05, 0) is 31.4 Å². The van der Waals surface area contributed by atoms with E-state index in [-0.39, 0.29) is 11.2 Å². The van der Waals surface area contributed by atoms with Crippen molar-refractivity contribution >= 4 is 5.78 Å². The molecular formula is C16H23NO. The Labute approximate surface area is 110 Å². The van der Waals surface area contributed by atoms with Gasteiger partial charge in [-0.25, -0.2) is 0 Å². The molecule has 1 aliphatic rings. The molecule has 2 nitrogen and oxygen atoms in total. The molecule has 1 atom stereocenters. The molecule has 1 aliphatic heterocycles. The van der Waals surface area contributed by atoms with Crippen LogP contribution in [0.15, 0.2) is 30.3 Å². The molecule has 1 fully saturated rings. The van der Waals surface area contributed by atoms with E-state index in [2.05, 4.69) is 35.2 Å². The van der Waals surface area contributed by atoms with Gasteiger partial charge in [-0.1, -0.05) is 44.2 Å². The molecule has 1 aromatic carbocycles. The van der Waals surface area contributed by atoms with E-state index < -0.39 is 0 Å². The maximum Gasteiger partial charge on any atom is 0.136 e. The van der Waals surface area contributed by atoms with E-state index in [1.165, 1.54) is 12.0 Å². The summed E-state index contributed by atoms with van der Waals surface area (Å²) in [6.45, 7) is 8.86. The minimum atomic E-state index is -0.217. The lowest BCUT2D eigenvalue weighted by atomic mass is 9.88. The molecule has 0 N–H and O–H groups in total. The summed E-state index contributed by atoms with van der Waals surface area (Å²) in [6.07, 6.45) is 1.21. The number of hydrogen-bond acceptors (Lipinski definition) is 2. The molecular weight excluding hydrogens is 222 g/mol. The van der Waals surface area contributed by atoms with Gasteiger partial charge in [-0.15, -0.1) is 0 Å². The zero-order valence-electron chi connectivity index (χ0n) is 11.6. The summed E-state index contributed by atoms with van der Waals surface area (Å²) in [5.74, 6) is 0.916. The zero-order valence-corrected chi connectivity index (χ0v) is 11.6. The van der Waals surface area contributed by atoms with Crippen LogP contribution in [-0.4, -0.2) is 30.3 Å². The number of nitrogens with zero attached hydrogens (tertiary/aromatic N) is 1. The van der Waals surface area contributed by atoms with Crippen molar-refractivity contribution < 1.29 is 4.79 Å². The van der Waals surface area contributed by atoms with Crippen LogP contribution in [0.1, 0.15) is 38.7 Å². The molecule has 0 bridgehead atoms. The lowest BCUT2D eigenvalue weighted by Gasteiger charge is -2.27. The average Bonchev–Trinajstić information content (AvgIpc) is 2.78. The van der Waals surface area contributed by atoms with Crippen LogP contribution < -0.4 is 0 Å². The second-order valence-electron chi connectivity index (χ2n) is 6.07. The van der Waals surface area contributed by atoms with Gasteiger partial charge in [0.15, 0.2) is 0 Å². The number of ketones is 1. The lowest BCUT2D eigenvalue weighted by molar-refractivity contribution is -0.125. The summed E-state index contributed by atoms with van der Waals surface area (Å²) in [5, 5.41) is 0. The van der Waals surface area contributed by atoms with E-state index in [9.17, 15) is 4.79 Å². The third-order valence-electron chi connectivity index (χ3n) is 4.12. The highest BCUT2D eigenvalue weighted by molar-refractivity contribution is 5.81. The number of likely N-dealkylation sites (tertiary alicyclic amines) is 1. The van der Waals surface area contributed by atoms with Gasteiger partial charge in [0, 0.05) is 18.5 Å². The van der Waals surface area contributed by atoms with Crippen molar-refractivity contribution in [2.24, 2.45) is 5.41 Å². The molecule has 1 heterocycles. The standard InChI is InChI=1S/C16H23NO/c1-13(18)16(2,3)12-17-10-9-15(11-17)14-7-5-4-6-8-14/h4-8,15H,9-12H2,1-3H3. The van der Waals surface area contributed by atoms with Gasteiger partial charge >= 0.3 is 0 Å². The van der Waals surface area contributed by atoms with Crippen LogP contribution in [0.2, 0.25) is 0 Å². The Morgan fingerprint density at radius 3 is 2.61 bits per heavy atom. The summed E-state index contributed by atoms with van der Waals surface area (Å²) < 4.78 is 0. The third kappa shape index (κ3) is 2.99. The molecule has 0 radical (unpaired) electrons. The minimum Gasteiger partial charge on any atom is -0.302 e. The number of Topliss-reactive ketones (excluding diaryl/α,β-unsaturated/α-hetero) is 1. The highest BCUT2D eigenvalue weighted by Crippen LogP contribution is 2.29. The van der Waals surface area contributed by atoms with Crippen LogP contribution in [0.5, 0.6) is 0 Å². The second kappa shape index (κ2) is 5.23. The van der Waals surface area contributed by atoms with Crippen molar-refractivity contribution in [3.8, 4) is 0 Å². The van der Waals surface area contributed by atoms with Crippen LogP contribution in [0.25, 0.3) is 0 Å². The topological polar surface area (TPSA) is 20.3 Å². The highest BCUT2D eigenvalue weighted by atomic mass is 16.1. The van der Waals surface area contributed by atoms with Gasteiger partial charge in [-0.2, -0.15) is 0 Å². The van der Waals surface area contributed by atoms with Crippen LogP contribution in [-0.2, 0) is 4.79 Å². The lowest BCUT2D eigenvalue weighted by Crippen LogP contribution is -2.37. The summed E-state index contributed by atoms with van der Waals surface area (Å²) in [7, 11) is 0. The predicted octanol–water partition coefficient (Wildman–Crippen LogP) is 3.09. The third-order valence-corrected chi connectivity index (χ3v) is 4.12. The van der Waals surface area contributed by atoms with Crippen molar-refractivity contribution in [2.45, 2.75) is 33.1 Å². The Bertz CT molecular complexity index is 410. The van der Waals surface area contributed by atoms with Crippen molar-refractivity contribution in [1.29, 1.82) is 0 Å². The molecule has 0 aromatic heterocycles. The van der Waals surface area contributed by atoms with E-state index in [1.54, 1.807) is 6.92 Å². The maximum absolute atomic E-state index is 11.6. The van der Waals surface area contributed by atoms with Crippen molar-refractivity contribution in [3.05, 3.63) is 35.9 Å². The summed E-state index contributed by atoms with van der Waals surface area (Å²) in [5.41, 5.74) is 1.21. The molecule has 2 heteroatoms. The smallest absolute Gasteiger partial charge is 0.136 e. The predicted molar refractivity (Wildman–Crippen MR) is 74.7 cm³/mol. The fourth-order valence-corrected chi connectivity index (χ4v) is 2.64. The molecule has 18 heavy (non-hydrogen) atoms. The van der Waals surface area contributed by atoms with Crippen LogP contribution in [0.3, 0.4) is 0 Å². The van der Waals surface area contributed by atoms with Crippen LogP contribution >= 0.6 is 0 Å². The quantitative estimate of drug-likeness (QED) is 0.812. The monoisotopic (exact) mass is 245 g/mol. The van der Waals surface area contributed by atoms with Gasteiger partial charge in [0.2, 0.25) is 0 Å². The number of hydrogen-bond donors (Lipinski definition) is 0. The second-order valence-corrected chi connectivity index (χ2v) is 6.07. The first-order chi connectivity index (χ1) is 8.49. The van der Waals surface area contributed by atoms with E-state index in [1.807, 2.05) is 13.8 Å². The van der Waals surface area contributed by atoms with Crippen molar-refractivity contribution in [2.75, 3.05) is 19.6 Å². The number of benzene rings is 1. The Kier molecular flexibility index (Phi) is 3.86. The largest absolute Gasteiger partial charge is 0.302 e. The van der Waals surface area contributed by atoms with Gasteiger partial charge in [0.1, 0.15) is 5.78 Å². The van der Waals surface area contributed by atoms with E-state index in [0.29, 0.717) is 5.92 Å². The summed E-state index contributed by atoms with van der Waals surface area (Å²) in [4.78, 5) is 14.0. The van der Waals surface area contributed by atoms with Crippen LogP contribution in [0.4, 0.5) is 0 Å². The SMILES string of the molecule is CC(=O)C(C)(C)CN1CCC(c2ccccc2)C1. The first kappa shape index (κ1) is 13.3. The molecule has 98 valence electrons. The number of carbonyl (C=O) groups excluding carboxylic acids is 1. The molecule has 0 aliphatic carbocycles. The van der Waals surface area contributed by atoms with Gasteiger partial charge < -0.3 is 4.90 Å². The number of rotatable bonds is 4. The molecule has 2 rings (SSSR count). The maximum atomic E-state index is 11.6. The molecule has 1 saturated heterocycles. The molecule has 0 amide bonds. The Hall–Kier alpha value is -1.15. The molecule has 1 unspecified atom stereocenters. The van der Waals surface area contributed by atoms with Crippen LogP contribution in [0, 0.1) is 5.41 Å².